The van der Waals surface area contributed by atoms with Crippen LogP contribution in [0.2, 0.25) is 0 Å². The first-order valence-electron chi connectivity index (χ1n) is 8.63. The molecule has 0 aliphatic rings. The summed E-state index contributed by atoms with van der Waals surface area (Å²) in [7, 11) is 0. The number of anilines is 3. The number of aryl methyl sites for hydroxylation is 1. The van der Waals surface area contributed by atoms with Crippen LogP contribution in [0.15, 0.2) is 47.8 Å². The van der Waals surface area contributed by atoms with Gasteiger partial charge < -0.3 is 5.11 Å². The number of carbonyl (C=O) groups excluding carboxylic acids is 1. The van der Waals surface area contributed by atoms with Crippen molar-refractivity contribution in [3.8, 4) is 10.6 Å². The fourth-order valence-corrected chi connectivity index (χ4v) is 3.25. The Morgan fingerprint density at radius 2 is 1.75 bits per heavy atom. The van der Waals surface area contributed by atoms with Crippen LogP contribution >= 0.6 is 11.3 Å². The van der Waals surface area contributed by atoms with Crippen molar-refractivity contribution in [2.45, 2.75) is 19.8 Å². The van der Waals surface area contributed by atoms with Crippen molar-refractivity contribution < 1.29 is 14.7 Å². The van der Waals surface area contributed by atoms with Gasteiger partial charge in [0, 0.05) is 22.3 Å². The zero-order valence-corrected chi connectivity index (χ0v) is 15.9. The minimum Gasteiger partial charge on any atom is -0.465 e. The van der Waals surface area contributed by atoms with Gasteiger partial charge in [-0.2, -0.15) is 0 Å². The molecule has 2 heterocycles. The molecule has 0 bridgehead atoms. The van der Waals surface area contributed by atoms with Gasteiger partial charge in [-0.05, 0) is 42.8 Å². The molecule has 0 saturated heterocycles. The Morgan fingerprint density at radius 3 is 2.46 bits per heavy atom. The maximum absolute atomic E-state index is 12.2. The lowest BCUT2D eigenvalue weighted by Gasteiger charge is -2.06. The SMILES string of the molecule is CCCc1cccc(NC(=O)Nc2csc(-c3ccc(NC(=O)O)cc3)n2)n1. The molecule has 0 unspecified atom stereocenters. The van der Waals surface area contributed by atoms with E-state index in [4.69, 9.17) is 5.11 Å². The summed E-state index contributed by atoms with van der Waals surface area (Å²) in [6.45, 7) is 2.07. The van der Waals surface area contributed by atoms with E-state index in [0.29, 0.717) is 22.3 Å². The van der Waals surface area contributed by atoms with E-state index >= 15 is 0 Å². The minimum atomic E-state index is -1.12. The fourth-order valence-electron chi connectivity index (χ4n) is 2.49. The molecule has 144 valence electrons. The number of rotatable bonds is 6. The average molecular weight is 397 g/mol. The van der Waals surface area contributed by atoms with Gasteiger partial charge in [-0.15, -0.1) is 11.3 Å². The van der Waals surface area contributed by atoms with E-state index in [1.54, 1.807) is 35.7 Å². The highest BCUT2D eigenvalue weighted by atomic mass is 32.1. The van der Waals surface area contributed by atoms with Crippen LogP contribution in [-0.2, 0) is 6.42 Å². The third kappa shape index (κ3) is 5.27. The van der Waals surface area contributed by atoms with Crippen LogP contribution in [0.4, 0.5) is 26.9 Å². The number of thiazole rings is 1. The van der Waals surface area contributed by atoms with Crippen molar-refractivity contribution in [1.82, 2.24) is 9.97 Å². The topological polar surface area (TPSA) is 116 Å². The predicted octanol–water partition coefficient (Wildman–Crippen LogP) is 4.89. The van der Waals surface area contributed by atoms with Gasteiger partial charge in [0.2, 0.25) is 0 Å². The van der Waals surface area contributed by atoms with E-state index in [-0.39, 0.29) is 0 Å². The molecule has 0 aliphatic heterocycles. The molecule has 8 nitrogen and oxygen atoms in total. The van der Waals surface area contributed by atoms with E-state index in [1.807, 2.05) is 12.1 Å². The van der Waals surface area contributed by atoms with Gasteiger partial charge in [0.15, 0.2) is 0 Å². The number of nitrogens with zero attached hydrogens (tertiary/aromatic N) is 2. The third-order valence-corrected chi connectivity index (χ3v) is 4.57. The maximum Gasteiger partial charge on any atom is 0.409 e. The first kappa shape index (κ1) is 19.3. The molecule has 9 heteroatoms. The molecule has 0 saturated carbocycles. The molecule has 0 fully saturated rings. The van der Waals surface area contributed by atoms with Gasteiger partial charge in [-0.25, -0.2) is 19.6 Å². The molecule has 1 aromatic carbocycles. The van der Waals surface area contributed by atoms with E-state index in [1.165, 1.54) is 11.3 Å². The van der Waals surface area contributed by atoms with Gasteiger partial charge in [-0.3, -0.25) is 16.0 Å². The highest BCUT2D eigenvalue weighted by Crippen LogP contribution is 2.27. The predicted molar refractivity (Wildman–Crippen MR) is 110 cm³/mol. The standard InChI is InChI=1S/C19H19N5O3S/c1-2-4-13-5-3-6-15(20-13)23-18(25)24-16-11-28-17(22-16)12-7-9-14(10-8-12)21-19(26)27/h3,5-11,21H,2,4H2,1H3,(H,26,27)(H2,20,23,24,25). The Bertz CT molecular complexity index is 972. The van der Waals surface area contributed by atoms with Crippen molar-refractivity contribution in [3.05, 3.63) is 53.5 Å². The first-order chi connectivity index (χ1) is 13.5. The van der Waals surface area contributed by atoms with Crippen molar-refractivity contribution in [1.29, 1.82) is 0 Å². The summed E-state index contributed by atoms with van der Waals surface area (Å²) in [5.41, 5.74) is 2.23. The monoisotopic (exact) mass is 397 g/mol. The first-order valence-corrected chi connectivity index (χ1v) is 9.51. The molecule has 28 heavy (non-hydrogen) atoms. The van der Waals surface area contributed by atoms with Gasteiger partial charge in [-0.1, -0.05) is 19.4 Å². The Balaban J connectivity index is 1.61. The van der Waals surface area contributed by atoms with Gasteiger partial charge in [0.1, 0.15) is 16.6 Å². The minimum absolute atomic E-state index is 0.418. The summed E-state index contributed by atoms with van der Waals surface area (Å²) < 4.78 is 0. The van der Waals surface area contributed by atoms with Gasteiger partial charge >= 0.3 is 12.1 Å². The van der Waals surface area contributed by atoms with Crippen molar-refractivity contribution >= 4 is 40.8 Å². The van der Waals surface area contributed by atoms with Crippen LogP contribution < -0.4 is 16.0 Å². The highest BCUT2D eigenvalue weighted by molar-refractivity contribution is 7.13. The van der Waals surface area contributed by atoms with Crippen LogP contribution in [-0.4, -0.2) is 27.2 Å². The lowest BCUT2D eigenvalue weighted by Crippen LogP contribution is -2.20. The molecule has 0 radical (unpaired) electrons. The molecule has 3 rings (SSSR count). The van der Waals surface area contributed by atoms with Crippen LogP contribution in [0.25, 0.3) is 10.6 Å². The molecule has 3 aromatic rings. The lowest BCUT2D eigenvalue weighted by molar-refractivity contribution is 0.209. The summed E-state index contributed by atoms with van der Waals surface area (Å²) in [6, 6.07) is 11.9. The number of benzene rings is 1. The summed E-state index contributed by atoms with van der Waals surface area (Å²) in [5.74, 6) is 0.912. The summed E-state index contributed by atoms with van der Waals surface area (Å²) in [6.07, 6.45) is 0.722. The quantitative estimate of drug-likeness (QED) is 0.472. The number of carbonyl (C=O) groups is 2. The molecule has 3 amide bonds. The summed E-state index contributed by atoms with van der Waals surface area (Å²) in [5, 5.41) is 18.8. The normalized spacial score (nSPS) is 10.3. The number of nitrogens with one attached hydrogen (secondary N) is 3. The van der Waals surface area contributed by atoms with E-state index in [2.05, 4.69) is 32.8 Å². The molecule has 0 spiro atoms. The number of hydrogen-bond donors (Lipinski definition) is 4. The smallest absolute Gasteiger partial charge is 0.409 e. The second kappa shape index (κ2) is 8.96. The zero-order chi connectivity index (χ0) is 19.9. The Hall–Kier alpha value is -3.46. The molecule has 0 aliphatic carbocycles. The summed E-state index contributed by atoms with van der Waals surface area (Å²) >= 11 is 1.37. The average Bonchev–Trinajstić information content (AvgIpc) is 3.10. The van der Waals surface area contributed by atoms with E-state index < -0.39 is 12.1 Å². The lowest BCUT2D eigenvalue weighted by atomic mass is 10.2. The Labute approximate surface area is 165 Å². The third-order valence-electron chi connectivity index (χ3n) is 3.68. The fraction of sp³-hybridized carbons (Fsp3) is 0.158. The van der Waals surface area contributed by atoms with Crippen LogP contribution in [0.3, 0.4) is 0 Å². The summed E-state index contributed by atoms with van der Waals surface area (Å²) in [4.78, 5) is 31.6. The van der Waals surface area contributed by atoms with E-state index in [9.17, 15) is 9.59 Å². The second-order valence-corrected chi connectivity index (χ2v) is 6.75. The molecular formula is C19H19N5O3S. The molecule has 2 aromatic heterocycles. The molecule has 4 N–H and O–H groups in total. The number of hydrogen-bond acceptors (Lipinski definition) is 5. The number of aromatic nitrogens is 2. The number of amides is 3. The number of pyridine rings is 1. The van der Waals surface area contributed by atoms with E-state index in [0.717, 1.165) is 24.1 Å². The largest absolute Gasteiger partial charge is 0.465 e. The molecule has 0 atom stereocenters. The number of urea groups is 1. The van der Waals surface area contributed by atoms with Crippen LogP contribution in [0.5, 0.6) is 0 Å². The molecular weight excluding hydrogens is 378 g/mol. The van der Waals surface area contributed by atoms with Gasteiger partial charge in [0.25, 0.3) is 0 Å². The van der Waals surface area contributed by atoms with Crippen molar-refractivity contribution in [2.24, 2.45) is 0 Å². The Kier molecular flexibility index (Phi) is 6.18. The van der Waals surface area contributed by atoms with Gasteiger partial charge in [0.05, 0.1) is 0 Å². The van der Waals surface area contributed by atoms with Crippen molar-refractivity contribution in [3.63, 3.8) is 0 Å². The number of carboxylic acid groups (broad SMARTS) is 1. The van der Waals surface area contributed by atoms with Crippen LogP contribution in [0.1, 0.15) is 19.0 Å². The maximum atomic E-state index is 12.2. The Morgan fingerprint density at radius 1 is 1.00 bits per heavy atom. The zero-order valence-electron chi connectivity index (χ0n) is 15.1. The van der Waals surface area contributed by atoms with Crippen molar-refractivity contribution in [2.75, 3.05) is 16.0 Å². The second-order valence-electron chi connectivity index (χ2n) is 5.89. The van der Waals surface area contributed by atoms with Crippen LogP contribution in [0, 0.1) is 0 Å². The highest BCUT2D eigenvalue weighted by Gasteiger charge is 2.09.